The van der Waals surface area contributed by atoms with Gasteiger partial charge in [0.2, 0.25) is 0 Å². The molecule has 0 heterocycles. The highest BCUT2D eigenvalue weighted by atomic mass is 16.5. The molecule has 0 bridgehead atoms. The third-order valence-electron chi connectivity index (χ3n) is 4.52. The standard InChI is InChI=1S/C21H24O2/c22-14-6-7-17-12-13-20(15-17)23-16-19-10-4-5-11-21(19)18-8-2-1-3-9-18/h1-11,17,20,22H,12-16H2/t17-,20-/m0/s1. The fourth-order valence-corrected chi connectivity index (χ4v) is 3.31. The predicted octanol–water partition coefficient (Wildman–Crippen LogP) is 4.59. The van der Waals surface area contributed by atoms with Crippen LogP contribution in [0, 0.1) is 5.92 Å². The van der Waals surface area contributed by atoms with Crippen LogP contribution in [0.4, 0.5) is 0 Å². The van der Waals surface area contributed by atoms with Crippen molar-refractivity contribution in [2.45, 2.75) is 32.0 Å². The van der Waals surface area contributed by atoms with Gasteiger partial charge in [-0.15, -0.1) is 0 Å². The van der Waals surface area contributed by atoms with Crippen molar-refractivity contribution in [2.75, 3.05) is 6.61 Å². The molecule has 2 nitrogen and oxygen atoms in total. The van der Waals surface area contributed by atoms with Crippen LogP contribution in [-0.2, 0) is 11.3 Å². The largest absolute Gasteiger partial charge is 0.392 e. The number of allylic oxidation sites excluding steroid dienone is 1. The Morgan fingerprint density at radius 2 is 1.78 bits per heavy atom. The SMILES string of the molecule is OCC=C[C@H]1CC[C@H](OCc2ccccc2-c2ccccc2)C1. The molecular weight excluding hydrogens is 284 g/mol. The third-order valence-corrected chi connectivity index (χ3v) is 4.52. The van der Waals surface area contributed by atoms with Crippen LogP contribution in [0.15, 0.2) is 66.7 Å². The van der Waals surface area contributed by atoms with E-state index in [1.807, 2.05) is 12.1 Å². The van der Waals surface area contributed by atoms with Crippen molar-refractivity contribution >= 4 is 0 Å². The minimum atomic E-state index is 0.131. The summed E-state index contributed by atoms with van der Waals surface area (Å²) in [6.45, 7) is 0.790. The van der Waals surface area contributed by atoms with Gasteiger partial charge in [-0.2, -0.15) is 0 Å². The van der Waals surface area contributed by atoms with E-state index in [1.165, 1.54) is 16.7 Å². The van der Waals surface area contributed by atoms with Crippen LogP contribution in [0.25, 0.3) is 11.1 Å². The first kappa shape index (κ1) is 16.0. The quantitative estimate of drug-likeness (QED) is 0.791. The Bertz CT molecular complexity index is 633. The lowest BCUT2D eigenvalue weighted by Crippen LogP contribution is -2.08. The molecule has 0 aromatic heterocycles. The van der Waals surface area contributed by atoms with Crippen molar-refractivity contribution in [3.05, 3.63) is 72.3 Å². The van der Waals surface area contributed by atoms with Crippen LogP contribution in [0.1, 0.15) is 24.8 Å². The molecule has 120 valence electrons. The molecule has 2 atom stereocenters. The average Bonchev–Trinajstić information content (AvgIpc) is 3.07. The molecule has 0 spiro atoms. The summed E-state index contributed by atoms with van der Waals surface area (Å²) in [5.41, 5.74) is 3.73. The molecule has 0 aliphatic heterocycles. The predicted molar refractivity (Wildman–Crippen MR) is 94.0 cm³/mol. The van der Waals surface area contributed by atoms with E-state index in [9.17, 15) is 0 Å². The summed E-state index contributed by atoms with van der Waals surface area (Å²) in [6.07, 6.45) is 7.62. The zero-order valence-electron chi connectivity index (χ0n) is 13.4. The summed E-state index contributed by atoms with van der Waals surface area (Å²) in [5, 5.41) is 8.87. The molecule has 1 aliphatic rings. The van der Waals surface area contributed by atoms with Gasteiger partial charge in [-0.3, -0.25) is 0 Å². The first-order chi connectivity index (χ1) is 11.4. The van der Waals surface area contributed by atoms with Crippen molar-refractivity contribution in [1.82, 2.24) is 0 Å². The van der Waals surface area contributed by atoms with E-state index < -0.39 is 0 Å². The fraction of sp³-hybridized carbons (Fsp3) is 0.333. The number of hydrogen-bond acceptors (Lipinski definition) is 2. The van der Waals surface area contributed by atoms with Crippen LogP contribution in [0.3, 0.4) is 0 Å². The van der Waals surface area contributed by atoms with Crippen LogP contribution in [0.2, 0.25) is 0 Å². The van der Waals surface area contributed by atoms with Crippen LogP contribution in [0.5, 0.6) is 0 Å². The Morgan fingerprint density at radius 3 is 2.61 bits per heavy atom. The van der Waals surface area contributed by atoms with Gasteiger partial charge in [0.1, 0.15) is 0 Å². The maximum absolute atomic E-state index is 8.87. The van der Waals surface area contributed by atoms with Gasteiger partial charge in [-0.1, -0.05) is 66.7 Å². The Balaban J connectivity index is 1.62. The smallest absolute Gasteiger partial charge is 0.0726 e. The molecule has 23 heavy (non-hydrogen) atoms. The molecule has 1 saturated carbocycles. The van der Waals surface area contributed by atoms with E-state index in [0.717, 1.165) is 19.3 Å². The Morgan fingerprint density at radius 1 is 1.00 bits per heavy atom. The van der Waals surface area contributed by atoms with E-state index in [2.05, 4.69) is 54.6 Å². The molecule has 0 amide bonds. The molecule has 0 unspecified atom stereocenters. The molecule has 1 fully saturated rings. The maximum Gasteiger partial charge on any atom is 0.0726 e. The zero-order valence-corrected chi connectivity index (χ0v) is 13.4. The minimum absolute atomic E-state index is 0.131. The number of rotatable bonds is 6. The lowest BCUT2D eigenvalue weighted by molar-refractivity contribution is 0.0443. The summed E-state index contributed by atoms with van der Waals surface area (Å²) in [4.78, 5) is 0. The van der Waals surface area contributed by atoms with E-state index in [-0.39, 0.29) is 6.61 Å². The highest BCUT2D eigenvalue weighted by molar-refractivity contribution is 5.67. The summed E-state index contributed by atoms with van der Waals surface area (Å²) >= 11 is 0. The second-order valence-electron chi connectivity index (χ2n) is 6.14. The Hall–Kier alpha value is -1.90. The van der Waals surface area contributed by atoms with Gasteiger partial charge in [-0.25, -0.2) is 0 Å². The summed E-state index contributed by atoms with van der Waals surface area (Å²) in [5.74, 6) is 0.552. The van der Waals surface area contributed by atoms with Crippen molar-refractivity contribution in [3.63, 3.8) is 0 Å². The normalized spacial score (nSPS) is 21.1. The molecule has 1 N–H and O–H groups in total. The maximum atomic E-state index is 8.87. The highest BCUT2D eigenvalue weighted by Crippen LogP contribution is 2.31. The van der Waals surface area contributed by atoms with Gasteiger partial charge in [0.15, 0.2) is 0 Å². The zero-order chi connectivity index (χ0) is 15.9. The summed E-state index contributed by atoms with van der Waals surface area (Å²) < 4.78 is 6.16. The van der Waals surface area contributed by atoms with Crippen molar-refractivity contribution < 1.29 is 9.84 Å². The molecule has 2 aromatic rings. The summed E-state index contributed by atoms with van der Waals surface area (Å²) in [6, 6.07) is 18.9. The fourth-order valence-electron chi connectivity index (χ4n) is 3.31. The molecular formula is C21H24O2. The van der Waals surface area contributed by atoms with Crippen LogP contribution < -0.4 is 0 Å². The first-order valence-corrected chi connectivity index (χ1v) is 8.39. The van der Waals surface area contributed by atoms with Gasteiger partial charge in [0.25, 0.3) is 0 Å². The highest BCUT2D eigenvalue weighted by Gasteiger charge is 2.23. The van der Waals surface area contributed by atoms with Gasteiger partial charge in [-0.05, 0) is 41.9 Å². The van der Waals surface area contributed by atoms with Crippen molar-refractivity contribution in [3.8, 4) is 11.1 Å². The summed E-state index contributed by atoms with van der Waals surface area (Å²) in [7, 11) is 0. The molecule has 2 aromatic carbocycles. The lowest BCUT2D eigenvalue weighted by Gasteiger charge is -2.14. The van der Waals surface area contributed by atoms with Crippen LogP contribution in [-0.4, -0.2) is 17.8 Å². The lowest BCUT2D eigenvalue weighted by atomic mass is 10.0. The number of hydrogen-bond donors (Lipinski definition) is 1. The van der Waals surface area contributed by atoms with Crippen molar-refractivity contribution in [2.24, 2.45) is 5.92 Å². The third kappa shape index (κ3) is 4.31. The van der Waals surface area contributed by atoms with Gasteiger partial charge in [0, 0.05) is 0 Å². The Kier molecular flexibility index (Phi) is 5.62. The van der Waals surface area contributed by atoms with Gasteiger partial charge in [0.05, 0.1) is 19.3 Å². The second-order valence-corrected chi connectivity index (χ2v) is 6.14. The Labute approximate surface area is 138 Å². The minimum Gasteiger partial charge on any atom is -0.392 e. The average molecular weight is 308 g/mol. The molecule has 1 aliphatic carbocycles. The number of aliphatic hydroxyl groups is 1. The van der Waals surface area contributed by atoms with Gasteiger partial charge < -0.3 is 9.84 Å². The number of benzene rings is 2. The monoisotopic (exact) mass is 308 g/mol. The molecule has 0 radical (unpaired) electrons. The number of aliphatic hydroxyl groups excluding tert-OH is 1. The number of ether oxygens (including phenoxy) is 1. The van der Waals surface area contributed by atoms with Crippen LogP contribution >= 0.6 is 0 Å². The van der Waals surface area contributed by atoms with E-state index in [0.29, 0.717) is 18.6 Å². The van der Waals surface area contributed by atoms with E-state index in [4.69, 9.17) is 9.84 Å². The topological polar surface area (TPSA) is 29.5 Å². The van der Waals surface area contributed by atoms with Crippen molar-refractivity contribution in [1.29, 1.82) is 0 Å². The molecule has 0 saturated heterocycles. The second kappa shape index (κ2) is 8.09. The first-order valence-electron chi connectivity index (χ1n) is 8.39. The molecule has 2 heteroatoms. The van der Waals surface area contributed by atoms with E-state index in [1.54, 1.807) is 0 Å². The van der Waals surface area contributed by atoms with Gasteiger partial charge >= 0.3 is 0 Å². The molecule has 3 rings (SSSR count). The van der Waals surface area contributed by atoms with E-state index >= 15 is 0 Å².